The van der Waals surface area contributed by atoms with E-state index in [2.05, 4.69) is 85.5 Å². The standard InChI is InChI=1S/C15H11.C5H5.C2H6.CH5Si.2ClH.Zr/c1-2-6-12(7-3-1)14-10-4-8-13-9-5-11-15(13)14;1-2-4-5-3-1;2*1-2;;;/h1-11H;1-3H,4H2;1-2H3;2H2,1H3;2*1H;/q;;;;;;+2/p-2. The minimum absolute atomic E-state index is 0. The van der Waals surface area contributed by atoms with Crippen LogP contribution < -0.4 is 24.8 Å². The van der Waals surface area contributed by atoms with Gasteiger partial charge in [-0.25, -0.2) is 0 Å². The van der Waals surface area contributed by atoms with Gasteiger partial charge in [-0.3, -0.25) is 0 Å². The Kier molecular flexibility index (Phi) is 10.9. The summed E-state index contributed by atoms with van der Waals surface area (Å²) in [6.07, 6.45) is 13.3. The summed E-state index contributed by atoms with van der Waals surface area (Å²) < 4.78 is 2.62. The summed E-state index contributed by atoms with van der Waals surface area (Å²) in [5, 5.41) is 0. The van der Waals surface area contributed by atoms with Crippen LogP contribution in [0, 0.1) is 0 Å². The zero-order chi connectivity index (χ0) is 17.6. The largest absolute Gasteiger partial charge is 1.00 e. The second kappa shape index (κ2) is 12.0. The Hall–Kier alpha value is -0.660. The van der Waals surface area contributed by atoms with E-state index in [0.29, 0.717) is 0 Å². The topological polar surface area (TPSA) is 0 Å². The first-order valence-corrected chi connectivity index (χ1v) is 19.4. The third-order valence-electron chi connectivity index (χ3n) is 4.96. The van der Waals surface area contributed by atoms with Crippen LogP contribution in [0.15, 0.2) is 76.1 Å². The molecule has 0 aliphatic heterocycles. The van der Waals surface area contributed by atoms with E-state index in [1.807, 2.05) is 17.1 Å². The monoisotopic (exact) mass is 491 g/mol. The number of fused-ring (bicyclic) bond motifs is 1. The molecular formula is C23H27Cl2SiZr. The number of halogens is 2. The zero-order valence-corrected chi connectivity index (χ0v) is 21.6. The SMILES string of the molecule is CC.C[SiH2][Zr+2]([C]1=CC=CC1)[CH]1C=Cc2c(-c3ccccc3)cccc21.[Cl-].[Cl-]. The fourth-order valence-electron chi connectivity index (χ4n) is 3.84. The van der Waals surface area contributed by atoms with Crippen molar-refractivity contribution >= 4 is 12.7 Å². The van der Waals surface area contributed by atoms with Gasteiger partial charge in [0.25, 0.3) is 0 Å². The van der Waals surface area contributed by atoms with Gasteiger partial charge in [0.05, 0.1) is 0 Å². The van der Waals surface area contributed by atoms with Crippen molar-refractivity contribution in [3.8, 4) is 11.1 Å². The quantitative estimate of drug-likeness (QED) is 0.529. The van der Waals surface area contributed by atoms with E-state index < -0.39 is 20.9 Å². The maximum atomic E-state index is 2.54. The molecule has 0 saturated carbocycles. The summed E-state index contributed by atoms with van der Waals surface area (Å²) in [7, 11) is 0. The molecule has 0 N–H and O–H groups in total. The Morgan fingerprint density at radius 3 is 2.33 bits per heavy atom. The van der Waals surface area contributed by atoms with E-state index >= 15 is 0 Å². The van der Waals surface area contributed by atoms with Crippen LogP contribution in [0.3, 0.4) is 0 Å². The van der Waals surface area contributed by atoms with Gasteiger partial charge in [0.2, 0.25) is 0 Å². The third kappa shape index (κ3) is 5.24. The van der Waals surface area contributed by atoms with Crippen molar-refractivity contribution in [3.63, 3.8) is 0 Å². The van der Waals surface area contributed by atoms with Gasteiger partial charge in [-0.2, -0.15) is 0 Å². The Labute approximate surface area is 186 Å². The van der Waals surface area contributed by atoms with Gasteiger partial charge in [-0.1, -0.05) is 13.8 Å². The average Bonchev–Trinajstić information content (AvgIpc) is 3.36. The van der Waals surface area contributed by atoms with Crippen LogP contribution in [0.4, 0.5) is 0 Å². The fraction of sp³-hybridized carbons (Fsp3) is 0.217. The molecule has 4 heteroatoms. The summed E-state index contributed by atoms with van der Waals surface area (Å²) in [5.41, 5.74) is 5.84. The van der Waals surface area contributed by atoms with Crippen LogP contribution in [0.5, 0.6) is 0 Å². The molecule has 0 heterocycles. The molecule has 0 aromatic heterocycles. The Balaban J connectivity index is 0.000000883. The number of allylic oxidation sites excluding steroid dienone is 5. The van der Waals surface area contributed by atoms with Gasteiger partial charge in [0.1, 0.15) is 0 Å². The Morgan fingerprint density at radius 1 is 0.963 bits per heavy atom. The van der Waals surface area contributed by atoms with Gasteiger partial charge in [0.15, 0.2) is 0 Å². The van der Waals surface area contributed by atoms with E-state index in [4.69, 9.17) is 0 Å². The zero-order valence-electron chi connectivity index (χ0n) is 16.3. The molecule has 0 spiro atoms. The minimum atomic E-state index is -1.47. The maximum absolute atomic E-state index is 2.54. The molecule has 27 heavy (non-hydrogen) atoms. The molecule has 1 atom stereocenters. The Bertz CT molecular complexity index is 812. The normalized spacial score (nSPS) is 16.1. The van der Waals surface area contributed by atoms with Crippen LogP contribution in [-0.4, -0.2) is 6.65 Å². The summed E-state index contributed by atoms with van der Waals surface area (Å²) in [6.45, 7) is 6.63. The van der Waals surface area contributed by atoms with Gasteiger partial charge in [-0.15, -0.1) is 0 Å². The number of hydrogen-bond acceptors (Lipinski definition) is 0. The van der Waals surface area contributed by atoms with E-state index in [1.54, 1.807) is 5.56 Å². The molecule has 0 fully saturated rings. The first kappa shape index (κ1) is 24.4. The van der Waals surface area contributed by atoms with Crippen LogP contribution in [0.2, 0.25) is 6.55 Å². The van der Waals surface area contributed by atoms with Crippen molar-refractivity contribution in [3.05, 3.63) is 87.2 Å². The predicted molar refractivity (Wildman–Crippen MR) is 111 cm³/mol. The van der Waals surface area contributed by atoms with Gasteiger partial charge in [0, 0.05) is 0 Å². The summed E-state index contributed by atoms with van der Waals surface area (Å²) in [5.74, 6) is 0. The summed E-state index contributed by atoms with van der Waals surface area (Å²) in [6, 6.07) is 17.8. The third-order valence-corrected chi connectivity index (χ3v) is 22.6. The van der Waals surface area contributed by atoms with Crippen molar-refractivity contribution < 1.29 is 45.7 Å². The van der Waals surface area contributed by atoms with Gasteiger partial charge >= 0.3 is 149 Å². The van der Waals surface area contributed by atoms with Crippen LogP contribution >= 0.6 is 0 Å². The molecule has 0 nitrogen and oxygen atoms in total. The molecule has 2 aliphatic rings. The first-order valence-electron chi connectivity index (χ1n) is 9.47. The van der Waals surface area contributed by atoms with Crippen molar-refractivity contribution in [2.75, 3.05) is 0 Å². The van der Waals surface area contributed by atoms with Gasteiger partial charge < -0.3 is 24.8 Å². The Morgan fingerprint density at radius 2 is 1.70 bits per heavy atom. The van der Waals surface area contributed by atoms with E-state index in [1.165, 1.54) is 23.1 Å². The van der Waals surface area contributed by atoms with E-state index in [0.717, 1.165) is 3.63 Å². The molecule has 141 valence electrons. The maximum Gasteiger partial charge on any atom is -1.00 e. The smallest absolute Gasteiger partial charge is 1.00 e. The molecule has 0 bridgehead atoms. The summed E-state index contributed by atoms with van der Waals surface area (Å²) >= 11 is -1.47. The summed E-state index contributed by atoms with van der Waals surface area (Å²) in [4.78, 5) is 0. The van der Waals surface area contributed by atoms with Crippen LogP contribution in [-0.2, 0) is 20.9 Å². The van der Waals surface area contributed by atoms with Crippen LogP contribution in [0.1, 0.15) is 35.0 Å². The second-order valence-corrected chi connectivity index (χ2v) is 22.3. The molecule has 0 radical (unpaired) electrons. The molecule has 4 rings (SSSR count). The van der Waals surface area contributed by atoms with Crippen molar-refractivity contribution in [2.45, 2.75) is 30.4 Å². The minimum Gasteiger partial charge on any atom is -1.00 e. The molecule has 0 amide bonds. The average molecular weight is 494 g/mol. The number of benzene rings is 2. The van der Waals surface area contributed by atoms with Crippen molar-refractivity contribution in [1.29, 1.82) is 0 Å². The second-order valence-electron chi connectivity index (χ2n) is 6.21. The molecule has 0 saturated heterocycles. The van der Waals surface area contributed by atoms with Crippen molar-refractivity contribution in [1.82, 2.24) is 0 Å². The van der Waals surface area contributed by atoms with E-state index in [9.17, 15) is 0 Å². The van der Waals surface area contributed by atoms with Crippen LogP contribution in [0.25, 0.3) is 17.2 Å². The number of rotatable bonds is 4. The molecule has 2 aromatic carbocycles. The number of hydrogen-bond donors (Lipinski definition) is 0. The molecule has 2 aromatic rings. The van der Waals surface area contributed by atoms with Crippen molar-refractivity contribution in [2.24, 2.45) is 0 Å². The molecule has 1 unspecified atom stereocenters. The predicted octanol–water partition coefficient (Wildman–Crippen LogP) is 0.0496. The van der Waals surface area contributed by atoms with Gasteiger partial charge in [-0.05, 0) is 0 Å². The molecular weight excluding hydrogens is 466 g/mol. The fourth-order valence-corrected chi connectivity index (χ4v) is 20.0. The van der Waals surface area contributed by atoms with E-state index in [-0.39, 0.29) is 31.5 Å². The molecule has 2 aliphatic carbocycles. The first-order chi connectivity index (χ1) is 12.4.